The van der Waals surface area contributed by atoms with Gasteiger partial charge in [0.2, 0.25) is 0 Å². The van der Waals surface area contributed by atoms with Crippen LogP contribution in [0.3, 0.4) is 0 Å². The van der Waals surface area contributed by atoms with Crippen LogP contribution >= 0.6 is 22.6 Å². The van der Waals surface area contributed by atoms with Crippen molar-refractivity contribution in [3.05, 3.63) is 69.8 Å². The Labute approximate surface area is 162 Å². The van der Waals surface area contributed by atoms with Crippen LogP contribution in [0, 0.1) is 10.5 Å². The molecular formula is C18H13IN6O. The molecule has 4 rings (SSSR count). The molecule has 1 N–H and O–H groups in total. The minimum atomic E-state index is -0.237. The number of fused-ring (bicyclic) bond motifs is 1. The number of anilines is 1. The summed E-state index contributed by atoms with van der Waals surface area (Å²) in [5.41, 5.74) is 2.69. The molecule has 26 heavy (non-hydrogen) atoms. The Morgan fingerprint density at radius 3 is 2.58 bits per heavy atom. The molecule has 0 saturated heterocycles. The van der Waals surface area contributed by atoms with E-state index in [1.165, 1.54) is 6.20 Å². The van der Waals surface area contributed by atoms with Crippen LogP contribution in [0.2, 0.25) is 0 Å². The van der Waals surface area contributed by atoms with Crippen molar-refractivity contribution in [2.45, 2.75) is 6.92 Å². The van der Waals surface area contributed by atoms with Crippen LogP contribution in [0.1, 0.15) is 16.1 Å². The maximum atomic E-state index is 12.6. The van der Waals surface area contributed by atoms with Gasteiger partial charge >= 0.3 is 0 Å². The van der Waals surface area contributed by atoms with Gasteiger partial charge in [-0.1, -0.05) is 0 Å². The third-order valence-corrected chi connectivity index (χ3v) is 4.61. The van der Waals surface area contributed by atoms with Gasteiger partial charge in [-0.15, -0.1) is 5.10 Å². The summed E-state index contributed by atoms with van der Waals surface area (Å²) in [4.78, 5) is 25.3. The number of rotatable bonds is 3. The number of halogens is 1. The highest BCUT2D eigenvalue weighted by Crippen LogP contribution is 2.18. The minimum Gasteiger partial charge on any atom is -0.322 e. The summed E-state index contributed by atoms with van der Waals surface area (Å²) in [6.45, 7) is 1.82. The number of carbonyl (C=O) groups excluding carboxylic acids is 1. The predicted molar refractivity (Wildman–Crippen MR) is 106 cm³/mol. The van der Waals surface area contributed by atoms with Crippen LogP contribution in [-0.2, 0) is 0 Å². The summed E-state index contributed by atoms with van der Waals surface area (Å²) in [6, 6.07) is 11.2. The van der Waals surface area contributed by atoms with Gasteiger partial charge in [-0.05, 0) is 65.9 Å². The number of hydrogen-bond donors (Lipinski definition) is 1. The lowest BCUT2D eigenvalue weighted by Gasteiger charge is -2.08. The molecule has 0 atom stereocenters. The van der Waals surface area contributed by atoms with Gasteiger partial charge in [-0.25, -0.2) is 9.50 Å². The molecule has 0 unspecified atom stereocenters. The van der Waals surface area contributed by atoms with Gasteiger partial charge in [-0.3, -0.25) is 9.78 Å². The summed E-state index contributed by atoms with van der Waals surface area (Å²) in [5, 5.41) is 7.36. The van der Waals surface area contributed by atoms with Crippen molar-refractivity contribution in [2.24, 2.45) is 0 Å². The van der Waals surface area contributed by atoms with Gasteiger partial charge in [0.15, 0.2) is 5.82 Å². The third-order valence-electron chi connectivity index (χ3n) is 3.89. The summed E-state index contributed by atoms with van der Waals surface area (Å²) in [7, 11) is 0. The van der Waals surface area contributed by atoms with E-state index in [1.54, 1.807) is 16.9 Å². The van der Waals surface area contributed by atoms with Crippen LogP contribution < -0.4 is 5.32 Å². The molecule has 0 saturated carbocycles. The molecule has 7 nitrogen and oxygen atoms in total. The molecular weight excluding hydrogens is 443 g/mol. The molecule has 8 heteroatoms. The van der Waals surface area contributed by atoms with Crippen LogP contribution in [0.4, 0.5) is 5.69 Å². The Morgan fingerprint density at radius 1 is 1.12 bits per heavy atom. The zero-order valence-corrected chi connectivity index (χ0v) is 15.9. The molecule has 1 aromatic carbocycles. The Hall–Kier alpha value is -2.88. The van der Waals surface area contributed by atoms with E-state index in [0.717, 1.165) is 14.8 Å². The highest BCUT2D eigenvalue weighted by molar-refractivity contribution is 14.1. The second-order valence-corrected chi connectivity index (χ2v) is 6.85. The van der Waals surface area contributed by atoms with Crippen LogP contribution in [0.5, 0.6) is 0 Å². The van der Waals surface area contributed by atoms with E-state index in [1.807, 2.05) is 43.3 Å². The number of aromatic nitrogens is 5. The van der Waals surface area contributed by atoms with Crippen molar-refractivity contribution in [1.82, 2.24) is 24.6 Å². The van der Waals surface area contributed by atoms with E-state index in [2.05, 4.69) is 48.0 Å². The fourth-order valence-electron chi connectivity index (χ4n) is 2.52. The first-order valence-electron chi connectivity index (χ1n) is 7.81. The number of carbonyl (C=O) groups is 1. The molecule has 3 heterocycles. The van der Waals surface area contributed by atoms with E-state index < -0.39 is 0 Å². The van der Waals surface area contributed by atoms with Gasteiger partial charge < -0.3 is 5.32 Å². The smallest absolute Gasteiger partial charge is 0.259 e. The van der Waals surface area contributed by atoms with E-state index >= 15 is 0 Å². The fourth-order valence-corrected chi connectivity index (χ4v) is 2.88. The second-order valence-electron chi connectivity index (χ2n) is 5.60. The van der Waals surface area contributed by atoms with E-state index in [0.29, 0.717) is 22.9 Å². The second kappa shape index (κ2) is 6.79. The van der Waals surface area contributed by atoms with Crippen LogP contribution in [0.25, 0.3) is 17.2 Å². The monoisotopic (exact) mass is 456 g/mol. The average molecular weight is 456 g/mol. The molecule has 128 valence electrons. The molecule has 0 fully saturated rings. The number of aryl methyl sites for hydroxylation is 1. The summed E-state index contributed by atoms with van der Waals surface area (Å²) < 4.78 is 2.68. The average Bonchev–Trinajstić information content (AvgIpc) is 3.10. The Kier molecular flexibility index (Phi) is 4.33. The Morgan fingerprint density at radius 2 is 1.85 bits per heavy atom. The van der Waals surface area contributed by atoms with Crippen molar-refractivity contribution < 1.29 is 4.79 Å². The minimum absolute atomic E-state index is 0.237. The van der Waals surface area contributed by atoms with Gasteiger partial charge in [0.25, 0.3) is 11.7 Å². The molecule has 0 radical (unpaired) electrons. The first-order chi connectivity index (χ1) is 12.6. The number of pyridine rings is 1. The Bertz CT molecular complexity index is 1090. The van der Waals surface area contributed by atoms with E-state index in [9.17, 15) is 4.79 Å². The Balaban J connectivity index is 1.69. The number of benzene rings is 1. The van der Waals surface area contributed by atoms with E-state index in [-0.39, 0.29) is 5.91 Å². The molecule has 0 bridgehead atoms. The molecule has 0 aliphatic rings. The lowest BCUT2D eigenvalue weighted by atomic mass is 10.2. The molecule has 1 amide bonds. The normalized spacial score (nSPS) is 10.8. The summed E-state index contributed by atoms with van der Waals surface area (Å²) >= 11 is 2.22. The molecule has 0 aliphatic heterocycles. The highest BCUT2D eigenvalue weighted by Gasteiger charge is 2.16. The molecule has 0 spiro atoms. The highest BCUT2D eigenvalue weighted by atomic mass is 127. The number of nitrogens with one attached hydrogen (secondary N) is 1. The summed E-state index contributed by atoms with van der Waals surface area (Å²) in [5.74, 6) is 0.748. The maximum Gasteiger partial charge on any atom is 0.259 e. The van der Waals surface area contributed by atoms with Crippen molar-refractivity contribution in [1.29, 1.82) is 0 Å². The standard InChI is InChI=1S/C18H13IN6O/c1-11-15(17(26)22-14-4-2-13(19)3-5-14)10-21-18-23-16(24-25(11)18)12-6-8-20-9-7-12/h2-10H,1H3,(H,22,26). The van der Waals surface area contributed by atoms with Crippen molar-refractivity contribution >= 4 is 40.0 Å². The van der Waals surface area contributed by atoms with Gasteiger partial charge in [0.1, 0.15) is 0 Å². The van der Waals surface area contributed by atoms with Crippen molar-refractivity contribution in [3.63, 3.8) is 0 Å². The largest absolute Gasteiger partial charge is 0.322 e. The number of nitrogens with zero attached hydrogens (tertiary/aromatic N) is 5. The van der Waals surface area contributed by atoms with Gasteiger partial charge in [0.05, 0.1) is 11.3 Å². The predicted octanol–water partition coefficient (Wildman–Crippen LogP) is 3.35. The molecule has 3 aromatic heterocycles. The first-order valence-corrected chi connectivity index (χ1v) is 8.89. The quantitative estimate of drug-likeness (QED) is 0.478. The van der Waals surface area contributed by atoms with Crippen molar-refractivity contribution in [3.8, 4) is 11.4 Å². The zero-order valence-electron chi connectivity index (χ0n) is 13.7. The number of amides is 1. The van der Waals surface area contributed by atoms with Crippen LogP contribution in [0.15, 0.2) is 55.0 Å². The SMILES string of the molecule is Cc1c(C(=O)Nc2ccc(I)cc2)cnc2nc(-c3ccncc3)nn12. The van der Waals surface area contributed by atoms with Gasteiger partial charge in [0, 0.05) is 33.4 Å². The molecule has 0 aliphatic carbocycles. The van der Waals surface area contributed by atoms with E-state index in [4.69, 9.17) is 0 Å². The lowest BCUT2D eigenvalue weighted by Crippen LogP contribution is -2.16. The van der Waals surface area contributed by atoms with Gasteiger partial charge in [-0.2, -0.15) is 4.98 Å². The fraction of sp³-hybridized carbons (Fsp3) is 0.0556. The van der Waals surface area contributed by atoms with Crippen LogP contribution in [-0.4, -0.2) is 30.5 Å². The van der Waals surface area contributed by atoms with Crippen molar-refractivity contribution in [2.75, 3.05) is 5.32 Å². The summed E-state index contributed by atoms with van der Waals surface area (Å²) in [6.07, 6.45) is 4.89. The third kappa shape index (κ3) is 3.15. The first kappa shape index (κ1) is 16.6. The topological polar surface area (TPSA) is 85.1 Å². The lowest BCUT2D eigenvalue weighted by molar-refractivity contribution is 0.102. The maximum absolute atomic E-state index is 12.6. The number of hydrogen-bond acceptors (Lipinski definition) is 5. The molecule has 4 aromatic rings. The zero-order chi connectivity index (χ0) is 18.1.